The highest BCUT2D eigenvalue weighted by Crippen LogP contribution is 2.34. The Balaban J connectivity index is 2.04. The molecular formula is C17H22N4O3S2. The number of hydrogen-bond donors (Lipinski definition) is 3. The maximum Gasteiger partial charge on any atom is 0.341 e. The van der Waals surface area contributed by atoms with Crippen molar-refractivity contribution in [1.29, 1.82) is 0 Å². The lowest BCUT2D eigenvalue weighted by molar-refractivity contribution is 0.0694. The summed E-state index contributed by atoms with van der Waals surface area (Å²) >= 11 is 2.33. The molecule has 2 amide bonds. The molecule has 0 fully saturated rings. The van der Waals surface area contributed by atoms with Gasteiger partial charge in [-0.2, -0.15) is 4.37 Å². The second-order valence-electron chi connectivity index (χ2n) is 5.90. The number of urea groups is 1. The van der Waals surface area contributed by atoms with Crippen LogP contribution in [0, 0.1) is 6.92 Å². The number of carboxylic acids is 1. The minimum absolute atomic E-state index is 0.0383. The summed E-state index contributed by atoms with van der Waals surface area (Å²) in [6, 6.07) is 7.50. The van der Waals surface area contributed by atoms with Gasteiger partial charge in [-0.15, -0.1) is 0 Å². The van der Waals surface area contributed by atoms with Crippen molar-refractivity contribution >= 4 is 40.3 Å². The summed E-state index contributed by atoms with van der Waals surface area (Å²) in [6.07, 6.45) is 0. The molecule has 2 rings (SSSR count). The first-order chi connectivity index (χ1) is 12.4. The Hall–Kier alpha value is -2.10. The molecule has 0 radical (unpaired) electrons. The van der Waals surface area contributed by atoms with E-state index in [0.29, 0.717) is 23.9 Å². The van der Waals surface area contributed by atoms with E-state index in [9.17, 15) is 14.7 Å². The number of anilines is 1. The van der Waals surface area contributed by atoms with Crippen LogP contribution in [0.3, 0.4) is 0 Å². The number of aromatic nitrogens is 1. The van der Waals surface area contributed by atoms with Gasteiger partial charge in [0.2, 0.25) is 0 Å². The smallest absolute Gasteiger partial charge is 0.341 e. The first kappa shape index (κ1) is 20.2. The van der Waals surface area contributed by atoms with Crippen LogP contribution < -0.4 is 10.6 Å². The SMILES string of the molecule is Cc1ccccc1CSc1nsc(NC(=O)NCCN(C)C)c1C(=O)O. The number of likely N-dealkylation sites (N-methyl/N-ethyl adjacent to an activating group) is 1. The van der Waals surface area contributed by atoms with Crippen LogP contribution in [0.15, 0.2) is 29.3 Å². The second-order valence-corrected chi connectivity index (χ2v) is 7.63. The number of thioether (sulfide) groups is 1. The molecule has 140 valence electrons. The number of carbonyl (C=O) groups excluding carboxylic acids is 1. The van der Waals surface area contributed by atoms with Crippen molar-refractivity contribution in [3.05, 3.63) is 41.0 Å². The molecule has 0 aliphatic heterocycles. The zero-order valence-electron chi connectivity index (χ0n) is 14.9. The minimum atomic E-state index is -1.10. The number of carboxylic acid groups (broad SMARTS) is 1. The highest BCUT2D eigenvalue weighted by Gasteiger charge is 2.22. The van der Waals surface area contributed by atoms with Gasteiger partial charge >= 0.3 is 12.0 Å². The molecule has 0 bridgehead atoms. The molecule has 1 heterocycles. The zero-order chi connectivity index (χ0) is 19.1. The third-order valence-corrected chi connectivity index (χ3v) is 5.47. The van der Waals surface area contributed by atoms with Crippen molar-refractivity contribution < 1.29 is 14.7 Å². The lowest BCUT2D eigenvalue weighted by Gasteiger charge is -2.10. The summed E-state index contributed by atoms with van der Waals surface area (Å²) in [4.78, 5) is 25.5. The third-order valence-electron chi connectivity index (χ3n) is 3.57. The Morgan fingerprint density at radius 3 is 2.69 bits per heavy atom. The van der Waals surface area contributed by atoms with Crippen LogP contribution in [0.4, 0.5) is 9.80 Å². The van der Waals surface area contributed by atoms with Crippen LogP contribution in [0.5, 0.6) is 0 Å². The van der Waals surface area contributed by atoms with Crippen LogP contribution >= 0.6 is 23.3 Å². The number of hydrogen-bond acceptors (Lipinski definition) is 6. The molecule has 1 aromatic heterocycles. The molecule has 0 saturated carbocycles. The number of aromatic carboxylic acids is 1. The van der Waals surface area contributed by atoms with Crippen molar-refractivity contribution in [2.75, 3.05) is 32.5 Å². The zero-order valence-corrected chi connectivity index (χ0v) is 16.5. The van der Waals surface area contributed by atoms with Gasteiger partial charge in [0.15, 0.2) is 0 Å². The Morgan fingerprint density at radius 2 is 2.04 bits per heavy atom. The van der Waals surface area contributed by atoms with Gasteiger partial charge in [0.1, 0.15) is 15.6 Å². The topological polar surface area (TPSA) is 94.6 Å². The third kappa shape index (κ3) is 5.72. The van der Waals surface area contributed by atoms with Crippen molar-refractivity contribution in [2.45, 2.75) is 17.7 Å². The lowest BCUT2D eigenvalue weighted by atomic mass is 10.1. The number of aryl methyl sites for hydroxylation is 1. The van der Waals surface area contributed by atoms with E-state index >= 15 is 0 Å². The molecule has 7 nitrogen and oxygen atoms in total. The Bertz CT molecular complexity index is 777. The molecular weight excluding hydrogens is 372 g/mol. The molecule has 0 unspecified atom stereocenters. The van der Waals surface area contributed by atoms with Gasteiger partial charge in [0, 0.05) is 18.8 Å². The molecule has 2 aromatic rings. The van der Waals surface area contributed by atoms with Crippen LogP contribution in [0.25, 0.3) is 0 Å². The Kier molecular flexibility index (Phi) is 7.43. The van der Waals surface area contributed by atoms with E-state index in [1.165, 1.54) is 11.8 Å². The Labute approximate surface area is 161 Å². The highest BCUT2D eigenvalue weighted by molar-refractivity contribution is 7.98. The molecule has 26 heavy (non-hydrogen) atoms. The van der Waals surface area contributed by atoms with Crippen LogP contribution in [-0.2, 0) is 5.75 Å². The van der Waals surface area contributed by atoms with Gasteiger partial charge in [0.05, 0.1) is 0 Å². The fraction of sp³-hybridized carbons (Fsp3) is 0.353. The fourth-order valence-electron chi connectivity index (χ4n) is 2.11. The molecule has 0 aliphatic carbocycles. The van der Waals surface area contributed by atoms with Crippen molar-refractivity contribution in [2.24, 2.45) is 0 Å². The summed E-state index contributed by atoms with van der Waals surface area (Å²) in [7, 11) is 3.81. The van der Waals surface area contributed by atoms with E-state index in [4.69, 9.17) is 0 Å². The molecule has 0 atom stereocenters. The first-order valence-electron chi connectivity index (χ1n) is 7.98. The molecule has 3 N–H and O–H groups in total. The summed E-state index contributed by atoms with van der Waals surface area (Å²) < 4.78 is 4.22. The monoisotopic (exact) mass is 394 g/mol. The number of nitrogens with zero attached hydrogens (tertiary/aromatic N) is 2. The number of amides is 2. The van der Waals surface area contributed by atoms with Gasteiger partial charge in [0.25, 0.3) is 0 Å². The number of rotatable bonds is 8. The van der Waals surface area contributed by atoms with E-state index in [0.717, 1.165) is 22.7 Å². The molecule has 9 heteroatoms. The standard InChI is InChI=1S/C17H22N4O3S2/c1-11-6-4-5-7-12(11)10-25-15-13(16(22)23)14(26-20-15)19-17(24)18-8-9-21(2)3/h4-7H,8-10H2,1-3H3,(H,22,23)(H2,18,19,24). The minimum Gasteiger partial charge on any atom is -0.477 e. The maximum atomic E-state index is 11.9. The Morgan fingerprint density at radius 1 is 1.31 bits per heavy atom. The van der Waals surface area contributed by atoms with Gasteiger partial charge in [-0.05, 0) is 43.7 Å². The maximum absolute atomic E-state index is 11.9. The van der Waals surface area contributed by atoms with E-state index in [-0.39, 0.29) is 10.6 Å². The molecule has 0 aliphatic rings. The van der Waals surface area contributed by atoms with Crippen LogP contribution in [-0.4, -0.2) is 53.6 Å². The molecule has 0 spiro atoms. The second kappa shape index (κ2) is 9.56. The van der Waals surface area contributed by atoms with Crippen molar-refractivity contribution in [3.63, 3.8) is 0 Å². The van der Waals surface area contributed by atoms with Crippen LogP contribution in [0.2, 0.25) is 0 Å². The van der Waals surface area contributed by atoms with Crippen molar-refractivity contribution in [1.82, 2.24) is 14.6 Å². The largest absolute Gasteiger partial charge is 0.477 e. The van der Waals surface area contributed by atoms with Crippen LogP contribution in [0.1, 0.15) is 21.5 Å². The van der Waals surface area contributed by atoms with Gasteiger partial charge in [-0.25, -0.2) is 9.59 Å². The van der Waals surface area contributed by atoms with E-state index in [1.54, 1.807) is 0 Å². The van der Waals surface area contributed by atoms with E-state index in [2.05, 4.69) is 15.0 Å². The summed E-state index contributed by atoms with van der Waals surface area (Å²) in [5.41, 5.74) is 2.31. The van der Waals surface area contributed by atoms with Crippen molar-refractivity contribution in [3.8, 4) is 0 Å². The summed E-state index contributed by atoms with van der Waals surface area (Å²) in [6.45, 7) is 3.18. The summed E-state index contributed by atoms with van der Waals surface area (Å²) in [5.74, 6) is -0.486. The highest BCUT2D eigenvalue weighted by atomic mass is 32.2. The normalized spacial score (nSPS) is 10.8. The van der Waals surface area contributed by atoms with Gasteiger partial charge < -0.3 is 15.3 Å². The number of carbonyl (C=O) groups is 2. The summed E-state index contributed by atoms with van der Waals surface area (Å²) in [5, 5.41) is 15.5. The average Bonchev–Trinajstić information content (AvgIpc) is 2.96. The predicted molar refractivity (Wildman–Crippen MR) is 105 cm³/mol. The predicted octanol–water partition coefficient (Wildman–Crippen LogP) is 3.13. The molecule has 1 aromatic carbocycles. The van der Waals surface area contributed by atoms with Gasteiger partial charge in [-0.1, -0.05) is 36.0 Å². The number of benzene rings is 1. The molecule has 0 saturated heterocycles. The number of nitrogens with one attached hydrogen (secondary N) is 2. The quantitative estimate of drug-likeness (QED) is 0.596. The lowest BCUT2D eigenvalue weighted by Crippen LogP contribution is -2.34. The van der Waals surface area contributed by atoms with E-state index < -0.39 is 12.0 Å². The van der Waals surface area contributed by atoms with Gasteiger partial charge in [-0.3, -0.25) is 5.32 Å². The average molecular weight is 395 g/mol. The first-order valence-corrected chi connectivity index (χ1v) is 9.74. The fourth-order valence-corrected chi connectivity index (χ4v) is 4.12. The van der Waals surface area contributed by atoms with E-state index in [1.807, 2.05) is 50.2 Å².